The topological polar surface area (TPSA) is 96.2 Å². The number of nitrogens with zero attached hydrogens (tertiary/aromatic N) is 2. The monoisotopic (exact) mass is 393 g/mol. The molecule has 0 saturated carbocycles. The summed E-state index contributed by atoms with van der Waals surface area (Å²) in [5, 5.41) is 3.09. The summed E-state index contributed by atoms with van der Waals surface area (Å²) in [7, 11) is 0. The minimum absolute atomic E-state index is 0.0540. The second kappa shape index (κ2) is 8.81. The maximum absolute atomic E-state index is 13.8. The molecule has 4 N–H and O–H groups in total. The van der Waals surface area contributed by atoms with Crippen molar-refractivity contribution in [1.82, 2.24) is 9.55 Å². The molecule has 0 aliphatic carbocycles. The number of aromatic nitrogens is 2. The van der Waals surface area contributed by atoms with E-state index in [0.29, 0.717) is 24.3 Å². The van der Waals surface area contributed by atoms with Crippen molar-refractivity contribution >= 4 is 34.5 Å². The summed E-state index contributed by atoms with van der Waals surface area (Å²) >= 11 is 5.39. The van der Waals surface area contributed by atoms with Crippen LogP contribution in [0, 0.1) is 12.7 Å². The Morgan fingerprint density at radius 1 is 1.37 bits per heavy atom. The van der Waals surface area contributed by atoms with Crippen LogP contribution in [-0.4, -0.2) is 21.2 Å². The quantitative estimate of drug-likeness (QED) is 0.653. The zero-order valence-electron chi connectivity index (χ0n) is 15.6. The van der Waals surface area contributed by atoms with Gasteiger partial charge in [-0.25, -0.2) is 9.18 Å². The predicted molar refractivity (Wildman–Crippen MR) is 111 cm³/mol. The molecule has 0 atom stereocenters. The molecular formula is C18H24FN5O2S. The van der Waals surface area contributed by atoms with Crippen molar-refractivity contribution in [3.8, 4) is 0 Å². The SMILES string of the molecule is CCCCn1c(N)c(N(CC)C(=S)Nc2ccc(C)c(F)c2)c(=O)[nH]c1=O. The molecule has 1 heterocycles. The van der Waals surface area contributed by atoms with E-state index in [2.05, 4.69) is 10.3 Å². The van der Waals surface area contributed by atoms with Gasteiger partial charge in [0.2, 0.25) is 0 Å². The van der Waals surface area contributed by atoms with Crippen molar-refractivity contribution in [3.63, 3.8) is 0 Å². The lowest BCUT2D eigenvalue weighted by molar-refractivity contribution is 0.604. The molecule has 0 aliphatic heterocycles. The smallest absolute Gasteiger partial charge is 0.330 e. The first-order valence-corrected chi connectivity index (χ1v) is 9.18. The fraction of sp³-hybridized carbons (Fsp3) is 0.389. The predicted octanol–water partition coefficient (Wildman–Crippen LogP) is 2.59. The number of hydrogen-bond acceptors (Lipinski definition) is 4. The first-order chi connectivity index (χ1) is 12.8. The number of hydrogen-bond donors (Lipinski definition) is 3. The number of thiocarbonyl (C=S) groups is 1. The molecule has 0 spiro atoms. The molecule has 0 unspecified atom stereocenters. The summed E-state index contributed by atoms with van der Waals surface area (Å²) in [4.78, 5) is 28.3. The molecule has 0 saturated heterocycles. The standard InChI is InChI=1S/C18H24FN5O2S/c1-4-6-9-24-15(20)14(16(25)22-17(24)26)23(5-2)18(27)21-12-8-7-11(3)13(19)10-12/h7-8,10H,4-6,9,20H2,1-3H3,(H,21,27)(H,22,25,26). The van der Waals surface area contributed by atoms with E-state index in [4.69, 9.17) is 18.0 Å². The third-order valence-corrected chi connectivity index (χ3v) is 4.53. The maximum atomic E-state index is 13.8. The summed E-state index contributed by atoms with van der Waals surface area (Å²) in [5.74, 6) is -0.311. The summed E-state index contributed by atoms with van der Waals surface area (Å²) in [6.45, 7) is 6.18. The third kappa shape index (κ3) is 4.54. The fourth-order valence-corrected chi connectivity index (χ4v) is 2.98. The molecule has 146 valence electrons. The van der Waals surface area contributed by atoms with Crippen molar-refractivity contribution in [2.24, 2.45) is 0 Å². The van der Waals surface area contributed by atoms with E-state index in [1.54, 1.807) is 26.0 Å². The highest BCUT2D eigenvalue weighted by Crippen LogP contribution is 2.20. The van der Waals surface area contributed by atoms with E-state index in [1.807, 2.05) is 6.92 Å². The van der Waals surface area contributed by atoms with Gasteiger partial charge in [-0.2, -0.15) is 0 Å². The van der Waals surface area contributed by atoms with E-state index in [1.165, 1.54) is 15.5 Å². The van der Waals surface area contributed by atoms with E-state index in [9.17, 15) is 14.0 Å². The normalized spacial score (nSPS) is 10.7. The summed E-state index contributed by atoms with van der Waals surface area (Å²) in [5.41, 5.74) is 6.03. The lowest BCUT2D eigenvalue weighted by Gasteiger charge is -2.26. The number of nitrogens with two attached hydrogens (primary N) is 1. The number of aryl methyl sites for hydroxylation is 1. The van der Waals surface area contributed by atoms with Gasteiger partial charge in [-0.15, -0.1) is 0 Å². The molecule has 0 radical (unpaired) electrons. The molecule has 0 fully saturated rings. The second-order valence-corrected chi connectivity index (χ2v) is 6.52. The molecule has 0 aliphatic rings. The highest BCUT2D eigenvalue weighted by Gasteiger charge is 2.21. The molecular weight excluding hydrogens is 369 g/mol. The molecule has 1 aromatic carbocycles. The van der Waals surface area contributed by atoms with Crippen LogP contribution in [0.25, 0.3) is 0 Å². The van der Waals surface area contributed by atoms with Gasteiger partial charge >= 0.3 is 5.69 Å². The number of rotatable bonds is 6. The van der Waals surface area contributed by atoms with Gasteiger partial charge in [0.05, 0.1) is 0 Å². The van der Waals surface area contributed by atoms with Crippen LogP contribution >= 0.6 is 12.2 Å². The van der Waals surface area contributed by atoms with Crippen LogP contribution in [-0.2, 0) is 6.54 Å². The van der Waals surface area contributed by atoms with Crippen molar-refractivity contribution in [2.45, 2.75) is 40.2 Å². The van der Waals surface area contributed by atoms with E-state index in [-0.39, 0.29) is 22.4 Å². The number of unbranched alkanes of at least 4 members (excludes halogenated alkanes) is 1. The van der Waals surface area contributed by atoms with Gasteiger partial charge in [0.1, 0.15) is 11.6 Å². The first kappa shape index (κ1) is 20.6. The minimum Gasteiger partial charge on any atom is -0.383 e. The third-order valence-electron chi connectivity index (χ3n) is 4.20. The zero-order valence-corrected chi connectivity index (χ0v) is 16.5. The van der Waals surface area contributed by atoms with Crippen LogP contribution in [0.2, 0.25) is 0 Å². The van der Waals surface area contributed by atoms with Crippen LogP contribution in [0.15, 0.2) is 27.8 Å². The van der Waals surface area contributed by atoms with Crippen molar-refractivity contribution < 1.29 is 4.39 Å². The van der Waals surface area contributed by atoms with Gasteiger partial charge in [0, 0.05) is 18.8 Å². The average Bonchev–Trinajstić information content (AvgIpc) is 2.61. The van der Waals surface area contributed by atoms with Crippen LogP contribution < -0.4 is 27.2 Å². The first-order valence-electron chi connectivity index (χ1n) is 8.77. The van der Waals surface area contributed by atoms with Gasteiger partial charge in [0.15, 0.2) is 10.8 Å². The van der Waals surface area contributed by atoms with E-state index in [0.717, 1.165) is 12.8 Å². The van der Waals surface area contributed by atoms with Gasteiger partial charge < -0.3 is 16.0 Å². The highest BCUT2D eigenvalue weighted by molar-refractivity contribution is 7.80. The van der Waals surface area contributed by atoms with Crippen molar-refractivity contribution in [1.29, 1.82) is 0 Å². The Balaban J connectivity index is 2.41. The number of nitrogen functional groups attached to an aromatic ring is 1. The summed E-state index contributed by atoms with van der Waals surface area (Å²) in [6.07, 6.45) is 1.61. The largest absolute Gasteiger partial charge is 0.383 e. The summed E-state index contributed by atoms with van der Waals surface area (Å²) < 4.78 is 15.1. The Morgan fingerprint density at radius 2 is 2.07 bits per heavy atom. The molecule has 7 nitrogen and oxygen atoms in total. The van der Waals surface area contributed by atoms with Crippen molar-refractivity contribution in [3.05, 3.63) is 50.4 Å². The van der Waals surface area contributed by atoms with E-state index >= 15 is 0 Å². The average molecular weight is 393 g/mol. The van der Waals surface area contributed by atoms with Gasteiger partial charge in [0.25, 0.3) is 5.56 Å². The molecule has 1 aromatic heterocycles. The van der Waals surface area contributed by atoms with Gasteiger partial charge in [-0.05, 0) is 50.2 Å². The van der Waals surface area contributed by atoms with Crippen molar-refractivity contribution in [2.75, 3.05) is 22.5 Å². The van der Waals surface area contributed by atoms with Crippen LogP contribution in [0.4, 0.5) is 21.6 Å². The molecule has 2 rings (SSSR count). The Bertz CT molecular complexity index is 954. The highest BCUT2D eigenvalue weighted by atomic mass is 32.1. The van der Waals surface area contributed by atoms with E-state index < -0.39 is 11.2 Å². The van der Waals surface area contributed by atoms with Gasteiger partial charge in [-0.3, -0.25) is 14.3 Å². The zero-order chi connectivity index (χ0) is 20.1. The number of anilines is 3. The molecule has 0 bridgehead atoms. The number of benzene rings is 1. The summed E-state index contributed by atoms with van der Waals surface area (Å²) in [6, 6.07) is 4.64. The van der Waals surface area contributed by atoms with Crippen LogP contribution in [0.5, 0.6) is 0 Å². The molecule has 9 heteroatoms. The Labute approximate surface area is 162 Å². The van der Waals surface area contributed by atoms with Gasteiger partial charge in [-0.1, -0.05) is 19.4 Å². The molecule has 2 aromatic rings. The molecule has 27 heavy (non-hydrogen) atoms. The van der Waals surface area contributed by atoms with Crippen LogP contribution in [0.1, 0.15) is 32.3 Å². The lowest BCUT2D eigenvalue weighted by atomic mass is 10.2. The number of aromatic amines is 1. The van der Waals surface area contributed by atoms with Crippen LogP contribution in [0.3, 0.4) is 0 Å². The molecule has 0 amide bonds. The Hall–Kier alpha value is -2.68. The maximum Gasteiger partial charge on any atom is 0.330 e. The second-order valence-electron chi connectivity index (χ2n) is 6.14. The Morgan fingerprint density at radius 3 is 2.67 bits per heavy atom. The number of nitrogens with one attached hydrogen (secondary N) is 2. The number of halogens is 1. The Kier molecular flexibility index (Phi) is 6.73. The number of H-pyrrole nitrogens is 1. The minimum atomic E-state index is -0.619. The lowest BCUT2D eigenvalue weighted by Crippen LogP contribution is -2.42. The fourth-order valence-electron chi connectivity index (χ4n) is 2.64.